The smallest absolute Gasteiger partial charge is 0.0925 e. The van der Waals surface area contributed by atoms with Crippen molar-refractivity contribution in [1.29, 1.82) is 0 Å². The van der Waals surface area contributed by atoms with Crippen LogP contribution < -0.4 is 5.32 Å². The number of aromatic amines is 1. The van der Waals surface area contributed by atoms with Crippen molar-refractivity contribution in [2.75, 3.05) is 5.32 Å². The molecule has 2 rings (SSSR count). The van der Waals surface area contributed by atoms with Crippen molar-refractivity contribution >= 4 is 5.69 Å². The van der Waals surface area contributed by atoms with Crippen LogP contribution in [-0.2, 0) is 13.6 Å². The van der Waals surface area contributed by atoms with E-state index in [9.17, 15) is 0 Å². The summed E-state index contributed by atoms with van der Waals surface area (Å²) in [4.78, 5) is 7.34. The highest BCUT2D eigenvalue weighted by atomic mass is 15.3. The zero-order valence-corrected chi connectivity index (χ0v) is 10.8. The number of nitrogens with zero attached hydrogens (tertiary/aromatic N) is 3. The van der Waals surface area contributed by atoms with Crippen molar-refractivity contribution in [3.8, 4) is 0 Å². The van der Waals surface area contributed by atoms with E-state index >= 15 is 0 Å². The van der Waals surface area contributed by atoms with Crippen molar-refractivity contribution in [3.05, 3.63) is 29.6 Å². The molecule has 17 heavy (non-hydrogen) atoms. The molecule has 92 valence electrons. The van der Waals surface area contributed by atoms with Gasteiger partial charge in [0.05, 0.1) is 29.9 Å². The second-order valence-corrected chi connectivity index (χ2v) is 4.58. The molecule has 0 spiro atoms. The summed E-state index contributed by atoms with van der Waals surface area (Å²) in [5.41, 5.74) is 4.33. The first-order valence-electron chi connectivity index (χ1n) is 5.84. The van der Waals surface area contributed by atoms with Crippen molar-refractivity contribution < 1.29 is 0 Å². The van der Waals surface area contributed by atoms with Gasteiger partial charge in [0.25, 0.3) is 0 Å². The quantitative estimate of drug-likeness (QED) is 0.851. The number of nitrogens with one attached hydrogen (secondary N) is 2. The minimum Gasteiger partial charge on any atom is -0.377 e. The van der Waals surface area contributed by atoms with Gasteiger partial charge in [-0.2, -0.15) is 5.10 Å². The fourth-order valence-corrected chi connectivity index (χ4v) is 1.81. The fraction of sp³-hybridized carbons (Fsp3) is 0.500. The van der Waals surface area contributed by atoms with Crippen LogP contribution >= 0.6 is 0 Å². The lowest BCUT2D eigenvalue weighted by atomic mass is 10.1. The molecule has 2 heterocycles. The molecule has 0 aliphatic rings. The van der Waals surface area contributed by atoms with Gasteiger partial charge in [0, 0.05) is 18.9 Å². The van der Waals surface area contributed by atoms with Crippen molar-refractivity contribution in [2.45, 2.75) is 33.2 Å². The van der Waals surface area contributed by atoms with Gasteiger partial charge < -0.3 is 10.3 Å². The van der Waals surface area contributed by atoms with Crippen molar-refractivity contribution in [2.24, 2.45) is 7.05 Å². The molecule has 5 nitrogen and oxygen atoms in total. The topological polar surface area (TPSA) is 58.5 Å². The van der Waals surface area contributed by atoms with E-state index in [0.717, 1.165) is 29.3 Å². The highest BCUT2D eigenvalue weighted by Crippen LogP contribution is 2.22. The molecule has 2 N–H and O–H groups in total. The third-order valence-corrected chi connectivity index (χ3v) is 2.78. The number of aryl methyl sites for hydroxylation is 2. The van der Waals surface area contributed by atoms with Gasteiger partial charge in [-0.3, -0.25) is 4.68 Å². The van der Waals surface area contributed by atoms with Gasteiger partial charge in [0.15, 0.2) is 0 Å². The van der Waals surface area contributed by atoms with Gasteiger partial charge >= 0.3 is 0 Å². The van der Waals surface area contributed by atoms with Crippen LogP contribution in [0.5, 0.6) is 0 Å². The molecule has 2 aromatic rings. The highest BCUT2D eigenvalue weighted by molar-refractivity contribution is 5.48. The largest absolute Gasteiger partial charge is 0.377 e. The Morgan fingerprint density at radius 2 is 2.24 bits per heavy atom. The number of hydrogen-bond donors (Lipinski definition) is 2. The first kappa shape index (κ1) is 11.7. The van der Waals surface area contributed by atoms with E-state index in [1.54, 1.807) is 6.33 Å². The molecule has 0 atom stereocenters. The molecule has 0 saturated heterocycles. The standard InChI is InChI=1S/C12H19N5/c1-8(2)12-11(6-17(4)16-12)13-5-10-9(3)14-7-15-10/h6-8,13H,5H2,1-4H3,(H,14,15). The van der Waals surface area contributed by atoms with Gasteiger partial charge in [-0.15, -0.1) is 0 Å². The maximum atomic E-state index is 4.46. The number of H-pyrrole nitrogens is 1. The van der Waals surface area contributed by atoms with E-state index in [-0.39, 0.29) is 0 Å². The van der Waals surface area contributed by atoms with Gasteiger partial charge in [-0.1, -0.05) is 13.8 Å². The summed E-state index contributed by atoms with van der Waals surface area (Å²) in [6, 6.07) is 0. The Hall–Kier alpha value is -1.78. The molecule has 0 aliphatic carbocycles. The molecule has 5 heteroatoms. The molecule has 0 saturated carbocycles. The summed E-state index contributed by atoms with van der Waals surface area (Å²) in [7, 11) is 1.94. The Balaban J connectivity index is 2.11. The normalized spacial score (nSPS) is 11.1. The monoisotopic (exact) mass is 233 g/mol. The van der Waals surface area contributed by atoms with Crippen LogP contribution in [0.4, 0.5) is 5.69 Å². The molecular weight excluding hydrogens is 214 g/mol. The number of aromatic nitrogens is 4. The first-order chi connectivity index (χ1) is 8.08. The number of imidazole rings is 1. The Kier molecular flexibility index (Phi) is 3.17. The Bertz CT molecular complexity index is 495. The third kappa shape index (κ3) is 2.49. The van der Waals surface area contributed by atoms with E-state index in [4.69, 9.17) is 0 Å². The van der Waals surface area contributed by atoms with Crippen LogP contribution in [0.25, 0.3) is 0 Å². The summed E-state index contributed by atoms with van der Waals surface area (Å²) < 4.78 is 1.84. The minimum atomic E-state index is 0.416. The zero-order chi connectivity index (χ0) is 12.4. The zero-order valence-electron chi connectivity index (χ0n) is 10.8. The molecular formula is C12H19N5. The Morgan fingerprint density at radius 1 is 1.47 bits per heavy atom. The summed E-state index contributed by atoms with van der Waals surface area (Å²) in [5, 5.41) is 7.85. The van der Waals surface area contributed by atoms with Crippen LogP contribution in [0.15, 0.2) is 12.5 Å². The Labute approximate surface area is 101 Å². The van der Waals surface area contributed by atoms with Gasteiger partial charge in [0.1, 0.15) is 0 Å². The van der Waals surface area contributed by atoms with E-state index < -0.39 is 0 Å². The molecule has 0 radical (unpaired) electrons. The predicted molar refractivity (Wildman–Crippen MR) is 67.9 cm³/mol. The van der Waals surface area contributed by atoms with Crippen molar-refractivity contribution in [3.63, 3.8) is 0 Å². The summed E-state index contributed by atoms with van der Waals surface area (Å²) in [5.74, 6) is 0.416. The summed E-state index contributed by atoms with van der Waals surface area (Å²) >= 11 is 0. The number of hydrogen-bond acceptors (Lipinski definition) is 3. The molecule has 0 aliphatic heterocycles. The van der Waals surface area contributed by atoms with Crippen LogP contribution in [0, 0.1) is 6.92 Å². The molecule has 0 bridgehead atoms. The average Bonchev–Trinajstić information content (AvgIpc) is 2.82. The van der Waals surface area contributed by atoms with E-state index in [1.807, 2.05) is 24.9 Å². The molecule has 2 aromatic heterocycles. The maximum Gasteiger partial charge on any atom is 0.0925 e. The summed E-state index contributed by atoms with van der Waals surface area (Å²) in [6.45, 7) is 7.04. The lowest BCUT2D eigenvalue weighted by Crippen LogP contribution is -2.03. The molecule has 0 fully saturated rings. The highest BCUT2D eigenvalue weighted by Gasteiger charge is 2.11. The van der Waals surface area contributed by atoms with Crippen LogP contribution in [0.1, 0.15) is 36.8 Å². The summed E-state index contributed by atoms with van der Waals surface area (Å²) in [6.07, 6.45) is 3.73. The van der Waals surface area contributed by atoms with Gasteiger partial charge in [0.2, 0.25) is 0 Å². The second kappa shape index (κ2) is 4.61. The van der Waals surface area contributed by atoms with E-state index in [2.05, 4.69) is 34.2 Å². The van der Waals surface area contributed by atoms with Crippen molar-refractivity contribution in [1.82, 2.24) is 19.7 Å². The van der Waals surface area contributed by atoms with Crippen LogP contribution in [-0.4, -0.2) is 19.7 Å². The lowest BCUT2D eigenvalue weighted by molar-refractivity contribution is 0.713. The predicted octanol–water partition coefficient (Wildman–Crippen LogP) is 2.19. The SMILES string of the molecule is Cc1[nH]cnc1CNc1cn(C)nc1C(C)C. The lowest BCUT2D eigenvalue weighted by Gasteiger charge is -2.07. The number of anilines is 1. The molecule has 0 unspecified atom stereocenters. The first-order valence-corrected chi connectivity index (χ1v) is 5.84. The number of rotatable bonds is 4. The fourth-order valence-electron chi connectivity index (χ4n) is 1.81. The van der Waals surface area contributed by atoms with Crippen LogP contribution in [0.2, 0.25) is 0 Å². The van der Waals surface area contributed by atoms with E-state index in [0.29, 0.717) is 5.92 Å². The van der Waals surface area contributed by atoms with Gasteiger partial charge in [-0.25, -0.2) is 4.98 Å². The minimum absolute atomic E-state index is 0.416. The molecule has 0 amide bonds. The second-order valence-electron chi connectivity index (χ2n) is 4.58. The van der Waals surface area contributed by atoms with Crippen LogP contribution in [0.3, 0.4) is 0 Å². The Morgan fingerprint density at radius 3 is 2.82 bits per heavy atom. The maximum absolute atomic E-state index is 4.46. The average molecular weight is 233 g/mol. The third-order valence-electron chi connectivity index (χ3n) is 2.78. The molecule has 0 aromatic carbocycles. The van der Waals surface area contributed by atoms with Gasteiger partial charge in [-0.05, 0) is 12.8 Å². The van der Waals surface area contributed by atoms with E-state index in [1.165, 1.54) is 0 Å².